The van der Waals surface area contributed by atoms with Gasteiger partial charge in [0.1, 0.15) is 54.6 Å². The maximum Gasteiger partial charge on any atom is 0.229 e. The predicted molar refractivity (Wildman–Crippen MR) is 166 cm³/mol. The summed E-state index contributed by atoms with van der Waals surface area (Å²) in [5.74, 6) is 0.451. The van der Waals surface area contributed by atoms with Crippen molar-refractivity contribution >= 4 is 0 Å². The fraction of sp³-hybridized carbons (Fsp3) is 0.636. The molecular weight excluding hydrogens is 636 g/mol. The molecule has 2 saturated heterocycles. The Bertz CT molecular complexity index is 1370. The lowest BCUT2D eigenvalue weighted by Crippen LogP contribution is -2.62. The standard InChI is InChI=1S/C33H46O15/c1-43-30-19-12-16(5-3-4-6-17(35)9-7-15-8-10-20(36)18(19)11-15)29(31(30)44-2)48-33-28(42)26(40)24(38)22(47-33)14-45-32-27(41)25(39)23(37)21(13-34)46-32/h8,10-12,17,21-28,32-42H,3-7,9,13-14H2,1-2H3/t17-,21-,22-,23-,24-,25+,26+,27-,28-,32-,33+/m1/s1. The van der Waals surface area contributed by atoms with Crippen LogP contribution in [0.5, 0.6) is 23.0 Å². The van der Waals surface area contributed by atoms with E-state index < -0.39 is 80.7 Å². The Morgan fingerprint density at radius 1 is 0.688 bits per heavy atom. The number of fused-ring (bicyclic) bond motifs is 5. The number of aliphatic hydroxyl groups is 8. The van der Waals surface area contributed by atoms with Crippen LogP contribution in [0.15, 0.2) is 24.3 Å². The lowest BCUT2D eigenvalue weighted by Gasteiger charge is -2.42. The van der Waals surface area contributed by atoms with Crippen molar-refractivity contribution in [3.63, 3.8) is 0 Å². The third-order valence-electron chi connectivity index (χ3n) is 9.20. The first-order valence-corrected chi connectivity index (χ1v) is 16.1. The molecule has 0 saturated carbocycles. The van der Waals surface area contributed by atoms with E-state index in [0.29, 0.717) is 55.2 Å². The number of phenolic OH excluding ortho intramolecular Hbond substituents is 1. The van der Waals surface area contributed by atoms with E-state index in [9.17, 15) is 46.0 Å². The van der Waals surface area contributed by atoms with Crippen LogP contribution in [0.4, 0.5) is 0 Å². The first-order chi connectivity index (χ1) is 23.0. The lowest BCUT2D eigenvalue weighted by molar-refractivity contribution is -0.323. The van der Waals surface area contributed by atoms with E-state index in [1.165, 1.54) is 14.2 Å². The van der Waals surface area contributed by atoms with Crippen LogP contribution >= 0.6 is 0 Å². The van der Waals surface area contributed by atoms with Crippen molar-refractivity contribution in [2.45, 2.75) is 106 Å². The van der Waals surface area contributed by atoms with Crippen LogP contribution in [-0.2, 0) is 27.1 Å². The molecular formula is C33H46O15. The molecule has 2 aliphatic heterocycles. The summed E-state index contributed by atoms with van der Waals surface area (Å²) in [7, 11) is 2.82. The Hall–Kier alpha value is -2.80. The molecule has 0 unspecified atom stereocenters. The minimum absolute atomic E-state index is 0.000434. The predicted octanol–water partition coefficient (Wildman–Crippen LogP) is -0.901. The van der Waals surface area contributed by atoms with Gasteiger partial charge in [-0.3, -0.25) is 0 Å². The van der Waals surface area contributed by atoms with Crippen molar-refractivity contribution in [2.24, 2.45) is 0 Å². The number of rotatable bonds is 8. The van der Waals surface area contributed by atoms with Crippen LogP contribution in [0.2, 0.25) is 0 Å². The molecule has 4 bridgehead atoms. The van der Waals surface area contributed by atoms with Crippen molar-refractivity contribution in [3.8, 4) is 34.1 Å². The number of aryl methyl sites for hydroxylation is 2. The van der Waals surface area contributed by atoms with Crippen LogP contribution in [0, 0.1) is 0 Å². The summed E-state index contributed by atoms with van der Waals surface area (Å²) < 4.78 is 34.5. The molecule has 2 aromatic carbocycles. The zero-order chi connectivity index (χ0) is 34.7. The second kappa shape index (κ2) is 15.8. The normalized spacial score (nSPS) is 34.3. The van der Waals surface area contributed by atoms with Crippen LogP contribution in [-0.4, -0.2) is 141 Å². The number of phenols is 1. The zero-order valence-corrected chi connectivity index (χ0v) is 26.8. The molecule has 11 atom stereocenters. The quantitative estimate of drug-likeness (QED) is 0.164. The van der Waals surface area contributed by atoms with E-state index in [2.05, 4.69) is 0 Å². The fourth-order valence-electron chi connectivity index (χ4n) is 6.37. The lowest BCUT2D eigenvalue weighted by atomic mass is 9.95. The first-order valence-electron chi connectivity index (χ1n) is 16.1. The summed E-state index contributed by atoms with van der Waals surface area (Å²) in [4.78, 5) is 0. The van der Waals surface area contributed by atoms with Gasteiger partial charge in [0.15, 0.2) is 17.8 Å². The van der Waals surface area contributed by atoms with Crippen molar-refractivity contribution in [2.75, 3.05) is 27.4 Å². The molecule has 2 aromatic rings. The third kappa shape index (κ3) is 7.51. The molecule has 0 spiro atoms. The van der Waals surface area contributed by atoms with Crippen LogP contribution in [0.3, 0.4) is 0 Å². The molecule has 15 heteroatoms. The van der Waals surface area contributed by atoms with Gasteiger partial charge in [0.05, 0.1) is 33.5 Å². The maximum absolute atomic E-state index is 11.0. The average Bonchev–Trinajstić information content (AvgIpc) is 3.09. The summed E-state index contributed by atoms with van der Waals surface area (Å²) in [6, 6.07) is 6.99. The molecule has 268 valence electrons. The molecule has 0 amide bonds. The smallest absolute Gasteiger partial charge is 0.229 e. The highest BCUT2D eigenvalue weighted by atomic mass is 16.7. The minimum Gasteiger partial charge on any atom is -0.507 e. The van der Waals surface area contributed by atoms with Gasteiger partial charge in [0.25, 0.3) is 0 Å². The minimum atomic E-state index is -1.77. The Balaban J connectivity index is 1.46. The van der Waals surface area contributed by atoms with Crippen LogP contribution in [0.1, 0.15) is 36.8 Å². The van der Waals surface area contributed by atoms with Crippen LogP contribution in [0.25, 0.3) is 11.1 Å². The fourth-order valence-corrected chi connectivity index (χ4v) is 6.37. The van der Waals surface area contributed by atoms with Gasteiger partial charge in [-0.2, -0.15) is 0 Å². The summed E-state index contributed by atoms with van der Waals surface area (Å²) in [5.41, 5.74) is 2.49. The molecule has 0 aromatic heterocycles. The Kier molecular flexibility index (Phi) is 12.0. The maximum atomic E-state index is 11.0. The molecule has 48 heavy (non-hydrogen) atoms. The molecule has 2 fully saturated rings. The van der Waals surface area contributed by atoms with Gasteiger partial charge >= 0.3 is 0 Å². The van der Waals surface area contributed by atoms with Gasteiger partial charge in [-0.05, 0) is 61.4 Å². The van der Waals surface area contributed by atoms with Crippen LogP contribution < -0.4 is 14.2 Å². The number of aromatic hydroxyl groups is 1. The van der Waals surface area contributed by atoms with Gasteiger partial charge in [0.2, 0.25) is 12.0 Å². The number of benzene rings is 2. The molecule has 0 radical (unpaired) electrons. The second-order valence-electron chi connectivity index (χ2n) is 12.4. The number of hydrogen-bond donors (Lipinski definition) is 9. The van der Waals surface area contributed by atoms with Gasteiger partial charge in [-0.15, -0.1) is 0 Å². The number of hydrogen-bond acceptors (Lipinski definition) is 15. The number of ether oxygens (including phenoxy) is 6. The second-order valence-corrected chi connectivity index (χ2v) is 12.4. The van der Waals surface area contributed by atoms with Gasteiger partial charge in [0, 0.05) is 11.1 Å². The van der Waals surface area contributed by atoms with Gasteiger partial charge in [-0.1, -0.05) is 12.5 Å². The average molecular weight is 683 g/mol. The molecule has 5 rings (SSSR count). The van der Waals surface area contributed by atoms with E-state index in [0.717, 1.165) is 5.56 Å². The van der Waals surface area contributed by atoms with E-state index >= 15 is 0 Å². The van der Waals surface area contributed by atoms with E-state index in [4.69, 9.17) is 28.4 Å². The summed E-state index contributed by atoms with van der Waals surface area (Å²) in [6.45, 7) is -1.20. The zero-order valence-electron chi connectivity index (χ0n) is 26.8. The highest BCUT2D eigenvalue weighted by Crippen LogP contribution is 2.50. The summed E-state index contributed by atoms with van der Waals surface area (Å²) in [6.07, 6.45) is -12.9. The summed E-state index contributed by atoms with van der Waals surface area (Å²) >= 11 is 0. The van der Waals surface area contributed by atoms with E-state index in [1.807, 2.05) is 6.07 Å². The Morgan fingerprint density at radius 2 is 1.35 bits per heavy atom. The first kappa shape index (κ1) is 36.5. The topological polar surface area (TPSA) is 237 Å². The Morgan fingerprint density at radius 3 is 2.04 bits per heavy atom. The van der Waals surface area contributed by atoms with Gasteiger partial charge < -0.3 is 74.4 Å². The SMILES string of the molecule is COc1c2cc(c(O[C@@H]3O[C@H](CO[C@@H]4O[C@H](CO)[C@@H](O)[C@H](O)[C@H]4O)[C@@H](O)[C@H](O)[C@H]3O)c1OC)CCCC[C@@H](O)CCc1ccc(O)c-2c1. The van der Waals surface area contributed by atoms with E-state index in [1.54, 1.807) is 18.2 Å². The molecule has 3 aliphatic rings. The highest BCUT2D eigenvalue weighted by molar-refractivity contribution is 5.81. The van der Waals surface area contributed by atoms with Crippen molar-refractivity contribution < 1.29 is 74.4 Å². The molecule has 1 aliphatic carbocycles. The van der Waals surface area contributed by atoms with E-state index in [-0.39, 0.29) is 23.0 Å². The third-order valence-corrected chi connectivity index (χ3v) is 9.20. The van der Waals surface area contributed by atoms with Crippen molar-refractivity contribution in [1.82, 2.24) is 0 Å². The number of aliphatic hydroxyl groups excluding tert-OH is 8. The summed E-state index contributed by atoms with van der Waals surface area (Å²) in [5, 5.41) is 93.9. The monoisotopic (exact) mass is 682 g/mol. The molecule has 2 heterocycles. The van der Waals surface area contributed by atoms with Crippen molar-refractivity contribution in [1.29, 1.82) is 0 Å². The van der Waals surface area contributed by atoms with Gasteiger partial charge in [-0.25, -0.2) is 0 Å². The Labute approximate surface area is 277 Å². The largest absolute Gasteiger partial charge is 0.507 e. The molecule has 15 nitrogen and oxygen atoms in total. The highest BCUT2D eigenvalue weighted by Gasteiger charge is 2.48. The number of methoxy groups -OCH3 is 2. The van der Waals surface area contributed by atoms with Crippen molar-refractivity contribution in [3.05, 3.63) is 35.4 Å². The molecule has 9 N–H and O–H groups in total.